The molecule has 3 aromatic heterocycles. The summed E-state index contributed by atoms with van der Waals surface area (Å²) in [5.41, 5.74) is 1.57. The first-order valence-corrected chi connectivity index (χ1v) is 16.9. The van der Waals surface area contributed by atoms with Crippen LogP contribution in [-0.2, 0) is 19.7 Å². The summed E-state index contributed by atoms with van der Waals surface area (Å²) in [6, 6.07) is 6.76. The van der Waals surface area contributed by atoms with Crippen LogP contribution < -0.4 is 9.44 Å². The lowest BCUT2D eigenvalue weighted by Crippen LogP contribution is -2.47. The van der Waals surface area contributed by atoms with E-state index in [2.05, 4.69) is 24.5 Å². The van der Waals surface area contributed by atoms with Gasteiger partial charge in [-0.3, -0.25) is 9.98 Å². The zero-order valence-corrected chi connectivity index (χ0v) is 26.8. The number of carbonyl (C=O) groups excluding carboxylic acids is 1. The van der Waals surface area contributed by atoms with Gasteiger partial charge in [-0.15, -0.1) is 11.3 Å². The van der Waals surface area contributed by atoms with E-state index in [1.54, 1.807) is 35.5 Å². The number of hydrogen-bond acceptors (Lipinski definition) is 10. The van der Waals surface area contributed by atoms with Crippen LogP contribution in [0, 0.1) is 5.82 Å². The van der Waals surface area contributed by atoms with Gasteiger partial charge in [0.15, 0.2) is 16.9 Å². The molecule has 47 heavy (non-hydrogen) atoms. The van der Waals surface area contributed by atoms with Crippen LogP contribution in [0.5, 0.6) is 0 Å². The summed E-state index contributed by atoms with van der Waals surface area (Å²) >= 11 is 7.79. The third-order valence-corrected chi connectivity index (χ3v) is 9.61. The second-order valence-corrected chi connectivity index (χ2v) is 13.1. The molecule has 1 aromatic carbocycles. The molecular formula is C29H26ClF3N8O4S2. The Balaban J connectivity index is 1.40. The van der Waals surface area contributed by atoms with Crippen LogP contribution in [0.15, 0.2) is 77.1 Å². The minimum absolute atomic E-state index is 0.0191. The molecule has 0 bridgehead atoms. The number of carbonyl (C=O) groups is 1. The van der Waals surface area contributed by atoms with Crippen LogP contribution >= 0.6 is 22.9 Å². The predicted molar refractivity (Wildman–Crippen MR) is 167 cm³/mol. The van der Waals surface area contributed by atoms with E-state index in [0.717, 1.165) is 12.3 Å². The number of fused-ring (bicyclic) bond motifs is 1. The standard InChI is InChI=1S/C29H26ClF3N8O4S2/c1-2-45-28(42)25(21-5-3-4-9-34-21)39-47(43,44)38-17-14-22-23(20-8-11-41(37-20)29(32)33)24(18-7-6-16(31)13-19(18)30)36-26(40(22)15-17)27-35-10-12-46-27/h3-13,17,24-25,29,38-39H,2,14-15H2,1H3/t17-,24-,25?/m0/s1. The second-order valence-electron chi connectivity index (χ2n) is 10.4. The average Bonchev–Trinajstić information content (AvgIpc) is 3.81. The number of benzene rings is 1. The highest BCUT2D eigenvalue weighted by molar-refractivity contribution is 7.87. The van der Waals surface area contributed by atoms with Crippen LogP contribution in [0.2, 0.25) is 5.02 Å². The maximum atomic E-state index is 14.1. The molecule has 1 unspecified atom stereocenters. The number of aromatic nitrogens is 4. The summed E-state index contributed by atoms with van der Waals surface area (Å²) in [5.74, 6) is -1.03. The van der Waals surface area contributed by atoms with Crippen LogP contribution in [0.3, 0.4) is 0 Å². The van der Waals surface area contributed by atoms with E-state index in [4.69, 9.17) is 21.3 Å². The zero-order valence-electron chi connectivity index (χ0n) is 24.4. The number of ether oxygens (including phenoxy) is 1. The molecule has 0 radical (unpaired) electrons. The highest BCUT2D eigenvalue weighted by Gasteiger charge is 2.42. The number of nitrogens with zero attached hydrogens (tertiary/aromatic N) is 6. The van der Waals surface area contributed by atoms with Crippen molar-refractivity contribution in [3.63, 3.8) is 0 Å². The largest absolute Gasteiger partial charge is 0.464 e. The van der Waals surface area contributed by atoms with Gasteiger partial charge in [0.25, 0.3) is 10.2 Å². The number of halogens is 4. The van der Waals surface area contributed by atoms with Gasteiger partial charge in [0.05, 0.1) is 18.0 Å². The summed E-state index contributed by atoms with van der Waals surface area (Å²) in [5, 5.41) is 6.39. The lowest BCUT2D eigenvalue weighted by Gasteiger charge is -2.32. The first-order chi connectivity index (χ1) is 22.5. The number of alkyl halides is 2. The van der Waals surface area contributed by atoms with Gasteiger partial charge in [-0.05, 0) is 37.3 Å². The number of rotatable bonds is 11. The molecular weight excluding hydrogens is 681 g/mol. The molecule has 6 rings (SSSR count). The molecule has 2 N–H and O–H groups in total. The zero-order chi connectivity index (χ0) is 33.3. The van der Waals surface area contributed by atoms with Crippen molar-refractivity contribution in [3.8, 4) is 0 Å². The van der Waals surface area contributed by atoms with Crippen molar-refractivity contribution in [3.05, 3.63) is 105 Å². The maximum absolute atomic E-state index is 14.1. The van der Waals surface area contributed by atoms with Gasteiger partial charge < -0.3 is 9.64 Å². The minimum Gasteiger partial charge on any atom is -0.464 e. The van der Waals surface area contributed by atoms with Gasteiger partial charge in [-0.25, -0.2) is 18.9 Å². The Labute approximate surface area is 276 Å². The number of pyridine rings is 1. The summed E-state index contributed by atoms with van der Waals surface area (Å²) in [6.07, 6.45) is 4.18. The Bertz CT molecular complexity index is 1940. The highest BCUT2D eigenvalue weighted by atomic mass is 35.5. The normalized spacial score (nSPS) is 18.8. The third-order valence-electron chi connectivity index (χ3n) is 7.33. The van der Waals surface area contributed by atoms with Gasteiger partial charge in [0.2, 0.25) is 0 Å². The summed E-state index contributed by atoms with van der Waals surface area (Å²) in [7, 11) is -4.38. The van der Waals surface area contributed by atoms with E-state index in [9.17, 15) is 26.4 Å². The quantitative estimate of drug-likeness (QED) is 0.215. The van der Waals surface area contributed by atoms with Gasteiger partial charge in [-0.2, -0.15) is 31.7 Å². The number of amidine groups is 1. The molecule has 5 heterocycles. The molecule has 1 saturated heterocycles. The molecule has 0 saturated carbocycles. The molecule has 2 aliphatic rings. The van der Waals surface area contributed by atoms with Gasteiger partial charge >= 0.3 is 12.5 Å². The van der Waals surface area contributed by atoms with Crippen LogP contribution in [0.4, 0.5) is 13.2 Å². The maximum Gasteiger partial charge on any atom is 0.333 e. The van der Waals surface area contributed by atoms with E-state index in [-0.39, 0.29) is 36.0 Å². The Morgan fingerprint density at radius 2 is 2.02 bits per heavy atom. The minimum atomic E-state index is -4.38. The summed E-state index contributed by atoms with van der Waals surface area (Å²) in [6.45, 7) is -1.24. The molecule has 0 aliphatic carbocycles. The molecule has 246 valence electrons. The molecule has 12 nitrogen and oxygen atoms in total. The average molecular weight is 707 g/mol. The van der Waals surface area contributed by atoms with Crippen molar-refractivity contribution >= 4 is 50.5 Å². The Morgan fingerprint density at radius 1 is 1.19 bits per heavy atom. The Morgan fingerprint density at radius 3 is 2.68 bits per heavy atom. The van der Waals surface area contributed by atoms with E-state index < -0.39 is 46.7 Å². The summed E-state index contributed by atoms with van der Waals surface area (Å²) < 4.78 is 78.9. The van der Waals surface area contributed by atoms with Crippen molar-refractivity contribution < 1.29 is 31.1 Å². The molecule has 1 fully saturated rings. The molecule has 0 spiro atoms. The van der Waals surface area contributed by atoms with Crippen molar-refractivity contribution in [2.24, 2.45) is 4.99 Å². The number of aliphatic imine (C=N–C) groups is 1. The van der Waals surface area contributed by atoms with Crippen LogP contribution in [-0.4, -0.2) is 64.1 Å². The first kappa shape index (κ1) is 32.8. The fourth-order valence-electron chi connectivity index (χ4n) is 5.44. The van der Waals surface area contributed by atoms with Gasteiger partial charge in [0, 0.05) is 64.8 Å². The molecule has 4 aromatic rings. The second kappa shape index (κ2) is 13.5. The van der Waals surface area contributed by atoms with Gasteiger partial charge in [0.1, 0.15) is 11.9 Å². The van der Waals surface area contributed by atoms with Crippen LogP contribution in [0.25, 0.3) is 5.57 Å². The molecule has 0 amide bonds. The lowest BCUT2D eigenvalue weighted by molar-refractivity contribution is -0.145. The number of esters is 1. The number of nitrogens with one attached hydrogen (secondary N) is 2. The summed E-state index contributed by atoms with van der Waals surface area (Å²) in [4.78, 5) is 27.9. The van der Waals surface area contributed by atoms with Gasteiger partial charge in [-0.1, -0.05) is 23.7 Å². The highest BCUT2D eigenvalue weighted by Crippen LogP contribution is 2.46. The smallest absolute Gasteiger partial charge is 0.333 e. The topological polar surface area (TPSA) is 144 Å². The lowest BCUT2D eigenvalue weighted by atomic mass is 9.92. The fourth-order valence-corrected chi connectivity index (χ4v) is 7.55. The number of thiazole rings is 1. The first-order valence-electron chi connectivity index (χ1n) is 14.2. The number of hydrogen-bond donors (Lipinski definition) is 2. The van der Waals surface area contributed by atoms with Crippen molar-refractivity contribution in [2.45, 2.75) is 38.0 Å². The van der Waals surface area contributed by atoms with E-state index in [1.807, 2.05) is 0 Å². The van der Waals surface area contributed by atoms with Crippen molar-refractivity contribution in [1.29, 1.82) is 0 Å². The van der Waals surface area contributed by atoms with Crippen molar-refractivity contribution in [1.82, 2.24) is 34.1 Å². The SMILES string of the molecule is CCOC(=O)C(NS(=O)(=O)N[C@H]1CC2=C(c3ccn(C(F)F)n3)[C@H](c3ccc(F)cc3Cl)N=C(c3nccs3)N2C1)c1ccccn1. The molecule has 3 atom stereocenters. The van der Waals surface area contributed by atoms with E-state index in [1.165, 1.54) is 41.8 Å². The molecule has 18 heteroatoms. The van der Waals surface area contributed by atoms with E-state index >= 15 is 0 Å². The Kier molecular flexibility index (Phi) is 9.43. The third kappa shape index (κ3) is 6.94. The van der Waals surface area contributed by atoms with Crippen LogP contribution in [0.1, 0.15) is 53.9 Å². The predicted octanol–water partition coefficient (Wildman–Crippen LogP) is 4.64. The fraction of sp³-hybridized carbons (Fsp3) is 0.276. The molecule has 2 aliphatic heterocycles. The van der Waals surface area contributed by atoms with Crippen molar-refractivity contribution in [2.75, 3.05) is 13.2 Å². The Hall–Kier alpha value is -4.16. The van der Waals surface area contributed by atoms with E-state index in [0.29, 0.717) is 32.4 Å². The monoisotopic (exact) mass is 706 g/mol.